The Bertz CT molecular complexity index is 1430. The number of aromatic nitrogens is 1. The largest absolute Gasteiger partial charge is 0.493 e. The number of nitrogens with zero attached hydrogens (tertiary/aromatic N) is 1. The van der Waals surface area contributed by atoms with E-state index in [0.717, 1.165) is 5.39 Å². The summed E-state index contributed by atoms with van der Waals surface area (Å²) in [7, 11) is -0.679. The molecule has 0 radical (unpaired) electrons. The van der Waals surface area contributed by atoms with Gasteiger partial charge in [0.1, 0.15) is 11.5 Å². The predicted octanol–water partition coefficient (Wildman–Crippen LogP) is 6.26. The molecule has 0 fully saturated rings. The Kier molecular flexibility index (Phi) is 6.64. The fourth-order valence-electron chi connectivity index (χ4n) is 3.11. The molecule has 0 bridgehead atoms. The number of anilines is 1. The third-order valence-corrected chi connectivity index (χ3v) is 7.35. The lowest BCUT2D eigenvalue weighted by molar-refractivity contribution is 0.355. The van der Waals surface area contributed by atoms with Crippen LogP contribution in [0.5, 0.6) is 23.0 Å². The van der Waals surface area contributed by atoms with E-state index in [1.165, 1.54) is 12.1 Å². The molecule has 1 heterocycles. The first-order chi connectivity index (χ1) is 15.8. The minimum atomic E-state index is -3.80. The van der Waals surface area contributed by atoms with Crippen molar-refractivity contribution in [2.75, 3.05) is 18.9 Å². The first kappa shape index (κ1) is 23.2. The van der Waals surface area contributed by atoms with E-state index in [4.69, 9.17) is 25.8 Å². The van der Waals surface area contributed by atoms with Crippen LogP contribution in [-0.4, -0.2) is 27.6 Å². The molecule has 4 aromatic rings. The number of hydrogen-bond acceptors (Lipinski definition) is 6. The number of halogens is 2. The van der Waals surface area contributed by atoms with E-state index in [0.29, 0.717) is 43.7 Å². The Morgan fingerprint density at radius 3 is 2.27 bits per heavy atom. The third kappa shape index (κ3) is 5.00. The summed E-state index contributed by atoms with van der Waals surface area (Å²) in [6.07, 6.45) is 1.63. The number of hydrogen-bond donors (Lipinski definition) is 1. The number of rotatable bonds is 7. The Balaban J connectivity index is 1.57. The maximum absolute atomic E-state index is 12.7. The lowest BCUT2D eigenvalue weighted by Crippen LogP contribution is -2.12. The van der Waals surface area contributed by atoms with Gasteiger partial charge in [0.15, 0.2) is 11.5 Å². The molecule has 0 unspecified atom stereocenters. The van der Waals surface area contributed by atoms with E-state index in [1.807, 2.05) is 0 Å². The molecule has 0 spiro atoms. The van der Waals surface area contributed by atoms with E-state index in [1.54, 1.807) is 68.9 Å². The minimum absolute atomic E-state index is 0.0589. The molecule has 0 aliphatic heterocycles. The molecular weight excluding hydrogens is 532 g/mol. The van der Waals surface area contributed by atoms with Gasteiger partial charge in [0, 0.05) is 27.8 Å². The maximum Gasteiger partial charge on any atom is 0.261 e. The van der Waals surface area contributed by atoms with Crippen LogP contribution in [0.2, 0.25) is 5.02 Å². The van der Waals surface area contributed by atoms with Gasteiger partial charge in [0.2, 0.25) is 0 Å². The molecule has 4 rings (SSSR count). The lowest BCUT2D eigenvalue weighted by Gasteiger charge is -2.13. The summed E-state index contributed by atoms with van der Waals surface area (Å²) in [5.41, 5.74) is 1.06. The molecule has 0 atom stereocenters. The predicted molar refractivity (Wildman–Crippen MR) is 131 cm³/mol. The molecule has 1 N–H and O–H groups in total. The van der Waals surface area contributed by atoms with Gasteiger partial charge in [-0.05, 0) is 70.5 Å². The molecule has 0 amide bonds. The monoisotopic (exact) mass is 548 g/mol. The van der Waals surface area contributed by atoms with E-state index in [2.05, 4.69) is 25.6 Å². The van der Waals surface area contributed by atoms with Crippen LogP contribution in [-0.2, 0) is 10.0 Å². The van der Waals surface area contributed by atoms with E-state index in [9.17, 15) is 8.42 Å². The summed E-state index contributed by atoms with van der Waals surface area (Å²) in [5, 5.41) is 1.05. The normalized spacial score (nSPS) is 11.3. The summed E-state index contributed by atoms with van der Waals surface area (Å²) in [6.45, 7) is 0. The number of fused-ring (bicyclic) bond motifs is 1. The summed E-state index contributed by atoms with van der Waals surface area (Å²) in [6, 6.07) is 16.3. The first-order valence-electron chi connectivity index (χ1n) is 9.57. The second kappa shape index (κ2) is 9.46. The summed E-state index contributed by atoms with van der Waals surface area (Å²) >= 11 is 9.27. The fourth-order valence-corrected chi connectivity index (χ4v) is 4.69. The van der Waals surface area contributed by atoms with Crippen LogP contribution in [0.3, 0.4) is 0 Å². The Morgan fingerprint density at radius 2 is 1.61 bits per heavy atom. The van der Waals surface area contributed by atoms with Crippen molar-refractivity contribution in [3.63, 3.8) is 0 Å². The van der Waals surface area contributed by atoms with Crippen molar-refractivity contribution < 1.29 is 22.6 Å². The standard InChI is InChI=1S/C23H18BrClN2O5S/c1-30-22-12-17-20(13-23(22)31-2)26-10-9-21(17)32-15-5-3-14(4-6-15)27-33(28,29)16-7-8-18(24)19(25)11-16/h3-13,27H,1-2H3. The molecule has 7 nitrogen and oxygen atoms in total. The molecule has 0 saturated heterocycles. The highest BCUT2D eigenvalue weighted by atomic mass is 79.9. The average molecular weight is 550 g/mol. The van der Waals surface area contributed by atoms with Crippen molar-refractivity contribution in [2.24, 2.45) is 0 Å². The van der Waals surface area contributed by atoms with Crippen LogP contribution in [0, 0.1) is 0 Å². The topological polar surface area (TPSA) is 86.8 Å². The average Bonchev–Trinajstić information content (AvgIpc) is 2.81. The summed E-state index contributed by atoms with van der Waals surface area (Å²) < 4.78 is 45.2. The SMILES string of the molecule is COc1cc2nccc(Oc3ccc(NS(=O)(=O)c4ccc(Br)c(Cl)c4)cc3)c2cc1OC. The minimum Gasteiger partial charge on any atom is -0.493 e. The molecule has 0 aliphatic rings. The van der Waals surface area contributed by atoms with Gasteiger partial charge in [-0.15, -0.1) is 0 Å². The summed E-state index contributed by atoms with van der Waals surface area (Å²) in [4.78, 5) is 4.42. The second-order valence-corrected chi connectivity index (χ2v) is 9.79. The number of nitrogens with one attached hydrogen (secondary N) is 1. The van der Waals surface area contributed by atoms with E-state index >= 15 is 0 Å². The molecule has 0 saturated carbocycles. The van der Waals surface area contributed by atoms with Crippen LogP contribution in [0.4, 0.5) is 5.69 Å². The second-order valence-electron chi connectivity index (χ2n) is 6.84. The van der Waals surface area contributed by atoms with Crippen LogP contribution >= 0.6 is 27.5 Å². The molecule has 3 aromatic carbocycles. The van der Waals surface area contributed by atoms with Gasteiger partial charge in [0.05, 0.1) is 29.7 Å². The number of pyridine rings is 1. The van der Waals surface area contributed by atoms with Gasteiger partial charge in [-0.3, -0.25) is 9.71 Å². The highest BCUT2D eigenvalue weighted by Crippen LogP contribution is 2.37. The van der Waals surface area contributed by atoms with E-state index < -0.39 is 10.0 Å². The maximum atomic E-state index is 12.7. The zero-order valence-corrected chi connectivity index (χ0v) is 20.7. The molecule has 33 heavy (non-hydrogen) atoms. The molecule has 0 aliphatic carbocycles. The van der Waals surface area contributed by atoms with Gasteiger partial charge in [-0.1, -0.05) is 11.6 Å². The van der Waals surface area contributed by atoms with E-state index in [-0.39, 0.29) is 4.90 Å². The van der Waals surface area contributed by atoms with Gasteiger partial charge >= 0.3 is 0 Å². The van der Waals surface area contributed by atoms with Crippen molar-refractivity contribution in [1.29, 1.82) is 0 Å². The van der Waals surface area contributed by atoms with Gasteiger partial charge in [-0.2, -0.15) is 0 Å². The fraction of sp³-hybridized carbons (Fsp3) is 0.0870. The van der Waals surface area contributed by atoms with Gasteiger partial charge in [-0.25, -0.2) is 8.42 Å². The quantitative estimate of drug-likeness (QED) is 0.293. The zero-order chi connectivity index (χ0) is 23.6. The number of sulfonamides is 1. The molecule has 1 aromatic heterocycles. The number of benzene rings is 3. The van der Waals surface area contributed by atoms with Crippen molar-refractivity contribution in [2.45, 2.75) is 4.90 Å². The molecule has 10 heteroatoms. The molecular formula is C23H18BrClN2O5S. The first-order valence-corrected chi connectivity index (χ1v) is 12.2. The highest BCUT2D eigenvalue weighted by molar-refractivity contribution is 9.10. The third-order valence-electron chi connectivity index (χ3n) is 4.74. The number of methoxy groups -OCH3 is 2. The van der Waals surface area contributed by atoms with Crippen LogP contribution < -0.4 is 18.9 Å². The Morgan fingerprint density at radius 1 is 0.909 bits per heavy atom. The lowest BCUT2D eigenvalue weighted by atomic mass is 10.2. The zero-order valence-electron chi connectivity index (χ0n) is 17.5. The van der Waals surface area contributed by atoms with Crippen molar-refractivity contribution in [3.8, 4) is 23.0 Å². The summed E-state index contributed by atoms with van der Waals surface area (Å²) in [5.74, 6) is 2.21. The Labute approximate surface area is 204 Å². The molecule has 170 valence electrons. The number of ether oxygens (including phenoxy) is 3. The van der Waals surface area contributed by atoms with Gasteiger partial charge < -0.3 is 14.2 Å². The van der Waals surface area contributed by atoms with Crippen molar-refractivity contribution >= 4 is 54.1 Å². The van der Waals surface area contributed by atoms with Gasteiger partial charge in [0.25, 0.3) is 10.0 Å². The highest BCUT2D eigenvalue weighted by Gasteiger charge is 2.16. The Hall–Kier alpha value is -3.01. The van der Waals surface area contributed by atoms with Crippen molar-refractivity contribution in [3.05, 3.63) is 76.4 Å². The van der Waals surface area contributed by atoms with Crippen LogP contribution in [0.1, 0.15) is 0 Å². The van der Waals surface area contributed by atoms with Crippen LogP contribution in [0.25, 0.3) is 10.9 Å². The van der Waals surface area contributed by atoms with Crippen LogP contribution in [0.15, 0.2) is 76.2 Å². The smallest absolute Gasteiger partial charge is 0.261 e. The van der Waals surface area contributed by atoms with Crippen molar-refractivity contribution in [1.82, 2.24) is 4.98 Å².